The first-order valence-electron chi connectivity index (χ1n) is 5.03. The van der Waals surface area contributed by atoms with Crippen molar-refractivity contribution < 1.29 is 14.2 Å². The average Bonchev–Trinajstić information content (AvgIpc) is 2.24. The molecule has 0 amide bonds. The van der Waals surface area contributed by atoms with Crippen LogP contribution in [0.5, 0.6) is 17.2 Å². The van der Waals surface area contributed by atoms with Gasteiger partial charge in [-0.15, -0.1) is 0 Å². The quantitative estimate of drug-likeness (QED) is 0.917. The monoisotopic (exact) mass is 287 g/mol. The Morgan fingerprint density at radius 2 is 1.75 bits per heavy atom. The Hall–Kier alpha value is -0.940. The van der Waals surface area contributed by atoms with Gasteiger partial charge in [-0.2, -0.15) is 0 Å². The molecular formula is C11H14BrNO3. The summed E-state index contributed by atoms with van der Waals surface area (Å²) in [6.45, 7) is 1.78. The maximum Gasteiger partial charge on any atom is 0.164 e. The first kappa shape index (κ1) is 11.5. The largest absolute Gasteiger partial charge is 0.493 e. The van der Waals surface area contributed by atoms with E-state index in [0.29, 0.717) is 11.5 Å². The fourth-order valence-corrected chi connectivity index (χ4v) is 1.87. The molecule has 1 aliphatic rings. The number of nitrogens with one attached hydrogen (secondary N) is 1. The standard InChI is InChI=1S/C11H14BrNO3/c1-14-10-3-8(12)9(4-11(10)15-2)16-7-5-13-6-7/h3-4,7,13H,5-6H2,1-2H3. The first-order valence-corrected chi connectivity index (χ1v) is 5.82. The Morgan fingerprint density at radius 1 is 1.12 bits per heavy atom. The molecule has 2 rings (SSSR count). The molecule has 1 N–H and O–H groups in total. The number of benzene rings is 1. The van der Waals surface area contributed by atoms with Gasteiger partial charge in [-0.25, -0.2) is 0 Å². The van der Waals surface area contributed by atoms with E-state index < -0.39 is 0 Å². The number of rotatable bonds is 4. The van der Waals surface area contributed by atoms with Crippen LogP contribution < -0.4 is 19.5 Å². The van der Waals surface area contributed by atoms with Crippen LogP contribution in [0.25, 0.3) is 0 Å². The van der Waals surface area contributed by atoms with Crippen LogP contribution in [-0.2, 0) is 0 Å². The van der Waals surface area contributed by atoms with Crippen molar-refractivity contribution in [3.63, 3.8) is 0 Å². The van der Waals surface area contributed by atoms with Gasteiger partial charge in [0.1, 0.15) is 11.9 Å². The molecule has 1 aromatic rings. The zero-order chi connectivity index (χ0) is 11.5. The van der Waals surface area contributed by atoms with Crippen LogP contribution in [0, 0.1) is 0 Å². The molecule has 0 aromatic heterocycles. The highest BCUT2D eigenvalue weighted by atomic mass is 79.9. The third-order valence-electron chi connectivity index (χ3n) is 2.48. The molecule has 1 aliphatic heterocycles. The molecule has 1 saturated heterocycles. The lowest BCUT2D eigenvalue weighted by Crippen LogP contribution is -2.50. The van der Waals surface area contributed by atoms with Crippen LogP contribution in [0.2, 0.25) is 0 Å². The Kier molecular flexibility index (Phi) is 3.56. The van der Waals surface area contributed by atoms with Crippen molar-refractivity contribution in [3.8, 4) is 17.2 Å². The van der Waals surface area contributed by atoms with Crippen molar-refractivity contribution in [2.24, 2.45) is 0 Å². The second kappa shape index (κ2) is 4.93. The number of hydrogen-bond acceptors (Lipinski definition) is 4. The molecule has 0 spiro atoms. The summed E-state index contributed by atoms with van der Waals surface area (Å²) in [6, 6.07) is 3.68. The van der Waals surface area contributed by atoms with E-state index >= 15 is 0 Å². The summed E-state index contributed by atoms with van der Waals surface area (Å²) < 4.78 is 17.1. The number of hydrogen-bond donors (Lipinski definition) is 1. The molecule has 1 fully saturated rings. The Bertz CT molecular complexity index is 380. The van der Waals surface area contributed by atoms with Gasteiger partial charge in [0, 0.05) is 25.2 Å². The maximum absolute atomic E-state index is 5.78. The topological polar surface area (TPSA) is 39.7 Å². The molecule has 0 unspecified atom stereocenters. The van der Waals surface area contributed by atoms with Crippen molar-refractivity contribution in [2.45, 2.75) is 6.10 Å². The van der Waals surface area contributed by atoms with Crippen molar-refractivity contribution in [2.75, 3.05) is 27.3 Å². The molecule has 5 heteroatoms. The predicted octanol–water partition coefficient (Wildman–Crippen LogP) is 1.82. The van der Waals surface area contributed by atoms with Crippen LogP contribution in [-0.4, -0.2) is 33.4 Å². The highest BCUT2D eigenvalue weighted by Crippen LogP contribution is 2.38. The van der Waals surface area contributed by atoms with E-state index in [1.807, 2.05) is 12.1 Å². The van der Waals surface area contributed by atoms with Gasteiger partial charge in [0.05, 0.1) is 18.7 Å². The van der Waals surface area contributed by atoms with Crippen LogP contribution in [0.4, 0.5) is 0 Å². The highest BCUT2D eigenvalue weighted by molar-refractivity contribution is 9.10. The van der Waals surface area contributed by atoms with E-state index in [-0.39, 0.29) is 6.10 Å². The van der Waals surface area contributed by atoms with Gasteiger partial charge < -0.3 is 19.5 Å². The smallest absolute Gasteiger partial charge is 0.164 e. The second-order valence-electron chi connectivity index (χ2n) is 3.54. The Balaban J connectivity index is 2.22. The SMILES string of the molecule is COc1cc(Br)c(OC2CNC2)cc1OC. The van der Waals surface area contributed by atoms with Crippen LogP contribution in [0.3, 0.4) is 0 Å². The fraction of sp³-hybridized carbons (Fsp3) is 0.455. The van der Waals surface area contributed by atoms with Crippen molar-refractivity contribution in [1.29, 1.82) is 0 Å². The molecule has 0 atom stereocenters. The third kappa shape index (κ3) is 2.25. The Labute approximate surface area is 103 Å². The molecule has 1 heterocycles. The number of ether oxygens (including phenoxy) is 3. The molecule has 0 radical (unpaired) electrons. The molecular weight excluding hydrogens is 274 g/mol. The van der Waals surface area contributed by atoms with Gasteiger partial charge in [0.2, 0.25) is 0 Å². The van der Waals surface area contributed by atoms with Crippen molar-refractivity contribution >= 4 is 15.9 Å². The van der Waals surface area contributed by atoms with E-state index in [1.165, 1.54) is 0 Å². The normalized spacial score (nSPS) is 15.4. The Morgan fingerprint density at radius 3 is 2.25 bits per heavy atom. The summed E-state index contributed by atoms with van der Waals surface area (Å²) in [4.78, 5) is 0. The average molecular weight is 288 g/mol. The minimum absolute atomic E-state index is 0.245. The van der Waals surface area contributed by atoms with Gasteiger partial charge in [-0.05, 0) is 15.9 Å². The van der Waals surface area contributed by atoms with Crippen LogP contribution in [0.1, 0.15) is 0 Å². The van der Waals surface area contributed by atoms with Gasteiger partial charge in [-0.3, -0.25) is 0 Å². The minimum atomic E-state index is 0.245. The van der Waals surface area contributed by atoms with Crippen molar-refractivity contribution in [1.82, 2.24) is 5.32 Å². The lowest BCUT2D eigenvalue weighted by molar-refractivity contribution is 0.140. The molecule has 16 heavy (non-hydrogen) atoms. The number of methoxy groups -OCH3 is 2. The molecule has 0 saturated carbocycles. The van der Waals surface area contributed by atoms with Crippen LogP contribution in [0.15, 0.2) is 16.6 Å². The highest BCUT2D eigenvalue weighted by Gasteiger charge is 2.20. The second-order valence-corrected chi connectivity index (χ2v) is 4.39. The summed E-state index contributed by atoms with van der Waals surface area (Å²) in [5.41, 5.74) is 0. The predicted molar refractivity (Wildman–Crippen MR) is 64.5 cm³/mol. The molecule has 1 aromatic carbocycles. The van der Waals surface area contributed by atoms with Gasteiger partial charge >= 0.3 is 0 Å². The lowest BCUT2D eigenvalue weighted by atomic mass is 10.2. The lowest BCUT2D eigenvalue weighted by Gasteiger charge is -2.28. The fourth-order valence-electron chi connectivity index (χ4n) is 1.45. The van der Waals surface area contributed by atoms with Crippen LogP contribution >= 0.6 is 15.9 Å². The van der Waals surface area contributed by atoms with E-state index in [1.54, 1.807) is 14.2 Å². The summed E-state index contributed by atoms with van der Waals surface area (Å²) in [7, 11) is 3.22. The van der Waals surface area contributed by atoms with Gasteiger partial charge in [-0.1, -0.05) is 0 Å². The maximum atomic E-state index is 5.78. The molecule has 4 nitrogen and oxygen atoms in total. The molecule has 0 bridgehead atoms. The summed E-state index contributed by atoms with van der Waals surface area (Å²) in [5.74, 6) is 2.14. The molecule has 0 aliphatic carbocycles. The van der Waals surface area contributed by atoms with Gasteiger partial charge in [0.25, 0.3) is 0 Å². The zero-order valence-electron chi connectivity index (χ0n) is 9.25. The summed E-state index contributed by atoms with van der Waals surface area (Å²) in [6.07, 6.45) is 0.245. The van der Waals surface area contributed by atoms with E-state index in [4.69, 9.17) is 14.2 Å². The third-order valence-corrected chi connectivity index (χ3v) is 3.10. The van der Waals surface area contributed by atoms with Crippen molar-refractivity contribution in [3.05, 3.63) is 16.6 Å². The van der Waals surface area contributed by atoms with E-state index in [0.717, 1.165) is 23.3 Å². The van der Waals surface area contributed by atoms with E-state index in [2.05, 4.69) is 21.2 Å². The number of halogens is 1. The summed E-state index contributed by atoms with van der Waals surface area (Å²) in [5, 5.41) is 3.16. The zero-order valence-corrected chi connectivity index (χ0v) is 10.8. The van der Waals surface area contributed by atoms with E-state index in [9.17, 15) is 0 Å². The molecule has 88 valence electrons. The summed E-state index contributed by atoms with van der Waals surface area (Å²) >= 11 is 3.45. The first-order chi connectivity index (χ1) is 7.74. The minimum Gasteiger partial charge on any atom is -0.493 e. The van der Waals surface area contributed by atoms with Gasteiger partial charge in [0.15, 0.2) is 11.5 Å².